The molecule has 0 aliphatic rings. The normalized spacial score (nSPS) is 11.8. The van der Waals surface area contributed by atoms with Crippen molar-refractivity contribution in [1.82, 2.24) is 25.4 Å². The standard InChI is InChI=1S/C22H23N3O3.C21H19FN2O4/c1-3-25-20(16-10-5-4-6-11-16)13-19(24-25)22(28)23-18(14-21(26)27)17-12-8-7-9-15(17)2;1-12-7-3-4-8-14(12)17(11-18(25)26)23-20(27)19-13(2)28-21(24-19)15-9-5-6-10-16(15)22/h4-13,18H,3,14H2,1-2H3,(H,23,28)(H,26,27);3-10,17H,11H2,1-2H3,(H,23,27)(H,25,26)/t18-;17-/m00/s1. The maximum atomic E-state index is 14.0. The van der Waals surface area contributed by atoms with Crippen molar-refractivity contribution < 1.29 is 38.2 Å². The van der Waals surface area contributed by atoms with Crippen molar-refractivity contribution in [2.75, 3.05) is 0 Å². The second-order valence-corrected chi connectivity index (χ2v) is 13.0. The summed E-state index contributed by atoms with van der Waals surface area (Å²) in [6.07, 6.45) is -0.482. The molecule has 0 bridgehead atoms. The van der Waals surface area contributed by atoms with Gasteiger partial charge in [-0.3, -0.25) is 23.9 Å². The number of hydrogen-bond donors (Lipinski definition) is 4. The van der Waals surface area contributed by atoms with Gasteiger partial charge in [-0.2, -0.15) is 5.10 Å². The fourth-order valence-corrected chi connectivity index (χ4v) is 6.21. The van der Waals surface area contributed by atoms with E-state index >= 15 is 0 Å². The summed E-state index contributed by atoms with van der Waals surface area (Å²) in [5.41, 5.74) is 5.50. The molecule has 13 heteroatoms. The van der Waals surface area contributed by atoms with Gasteiger partial charge in [0.2, 0.25) is 5.89 Å². The predicted molar refractivity (Wildman–Crippen MR) is 207 cm³/mol. The average Bonchev–Trinajstić information content (AvgIpc) is 3.79. The van der Waals surface area contributed by atoms with E-state index in [2.05, 4.69) is 20.7 Å². The van der Waals surface area contributed by atoms with Crippen molar-refractivity contribution in [3.05, 3.63) is 154 Å². The number of nitrogens with zero attached hydrogens (tertiary/aromatic N) is 3. The molecule has 2 atom stereocenters. The first-order valence-electron chi connectivity index (χ1n) is 17.9. The molecule has 2 heterocycles. The molecular weight excluding hydrogens is 717 g/mol. The summed E-state index contributed by atoms with van der Waals surface area (Å²) in [6, 6.07) is 30.7. The van der Waals surface area contributed by atoms with Gasteiger partial charge >= 0.3 is 11.9 Å². The van der Waals surface area contributed by atoms with Gasteiger partial charge in [-0.05, 0) is 73.7 Å². The van der Waals surface area contributed by atoms with Crippen LogP contribution in [-0.4, -0.2) is 48.7 Å². The fourth-order valence-electron chi connectivity index (χ4n) is 6.21. The van der Waals surface area contributed by atoms with Gasteiger partial charge in [0.05, 0.1) is 36.2 Å². The predicted octanol–water partition coefficient (Wildman–Crippen LogP) is 7.87. The minimum Gasteiger partial charge on any atom is -0.481 e. The first kappa shape index (κ1) is 40.3. The first-order chi connectivity index (χ1) is 26.9. The number of carbonyl (C=O) groups excluding carboxylic acids is 2. The number of aliphatic carboxylic acids is 2. The van der Waals surface area contributed by atoms with Gasteiger partial charge in [0.15, 0.2) is 11.4 Å². The number of aromatic nitrogens is 3. The Morgan fingerprint density at radius 3 is 1.79 bits per heavy atom. The van der Waals surface area contributed by atoms with Crippen molar-refractivity contribution in [2.45, 2.75) is 59.2 Å². The van der Waals surface area contributed by atoms with Crippen molar-refractivity contribution in [3.63, 3.8) is 0 Å². The van der Waals surface area contributed by atoms with E-state index in [0.29, 0.717) is 12.1 Å². The number of halogens is 1. The van der Waals surface area contributed by atoms with E-state index in [0.717, 1.165) is 27.9 Å². The van der Waals surface area contributed by atoms with Crippen LogP contribution < -0.4 is 10.6 Å². The average molecular weight is 760 g/mol. The lowest BCUT2D eigenvalue weighted by atomic mass is 9.98. The zero-order valence-electron chi connectivity index (χ0n) is 31.3. The second-order valence-electron chi connectivity index (χ2n) is 13.0. The van der Waals surface area contributed by atoms with Crippen LogP contribution in [-0.2, 0) is 16.1 Å². The van der Waals surface area contributed by atoms with Crippen LogP contribution in [0.3, 0.4) is 0 Å². The van der Waals surface area contributed by atoms with Gasteiger partial charge in [0, 0.05) is 6.54 Å². The molecule has 2 amide bonds. The van der Waals surface area contributed by atoms with Crippen LogP contribution in [0.15, 0.2) is 114 Å². The molecular formula is C43H42FN5O7. The SMILES string of the molecule is CCn1nc(C(=O)N[C@@H](CC(=O)O)c2ccccc2C)cc1-c1ccccc1.Cc1ccccc1[C@H](CC(=O)O)NC(=O)c1nc(-c2ccccc2F)oc1C. The summed E-state index contributed by atoms with van der Waals surface area (Å²) in [5.74, 6) is -3.30. The highest BCUT2D eigenvalue weighted by Crippen LogP contribution is 2.27. The fraction of sp³-hybridized carbons (Fsp3) is 0.209. The number of oxazole rings is 1. The van der Waals surface area contributed by atoms with E-state index in [9.17, 15) is 33.8 Å². The van der Waals surface area contributed by atoms with E-state index in [4.69, 9.17) is 4.42 Å². The Balaban J connectivity index is 0.000000214. The molecule has 6 aromatic rings. The van der Waals surface area contributed by atoms with Gasteiger partial charge in [0.25, 0.3) is 11.8 Å². The van der Waals surface area contributed by atoms with Gasteiger partial charge in [0.1, 0.15) is 11.6 Å². The molecule has 2 aromatic heterocycles. The zero-order chi connectivity index (χ0) is 40.4. The largest absolute Gasteiger partial charge is 0.481 e. The lowest BCUT2D eigenvalue weighted by molar-refractivity contribution is -0.138. The molecule has 0 spiro atoms. The van der Waals surface area contributed by atoms with Gasteiger partial charge in [-0.1, -0.05) is 91.0 Å². The molecule has 0 saturated carbocycles. The summed E-state index contributed by atoms with van der Waals surface area (Å²) in [6.45, 7) is 7.87. The molecule has 4 N–H and O–H groups in total. The number of aryl methyl sites for hydroxylation is 4. The van der Waals surface area contributed by atoms with Crippen molar-refractivity contribution in [2.24, 2.45) is 0 Å². The zero-order valence-corrected chi connectivity index (χ0v) is 31.3. The third-order valence-electron chi connectivity index (χ3n) is 8.99. The minimum atomic E-state index is -1.04. The monoisotopic (exact) mass is 759 g/mol. The highest BCUT2D eigenvalue weighted by Gasteiger charge is 2.26. The quantitative estimate of drug-likeness (QED) is 0.0913. The van der Waals surface area contributed by atoms with Crippen LogP contribution in [0.2, 0.25) is 0 Å². The Hall–Kier alpha value is -6.89. The summed E-state index contributed by atoms with van der Waals surface area (Å²) < 4.78 is 21.2. The van der Waals surface area contributed by atoms with Gasteiger partial charge < -0.3 is 25.3 Å². The van der Waals surface area contributed by atoms with Crippen LogP contribution in [0.25, 0.3) is 22.7 Å². The molecule has 56 heavy (non-hydrogen) atoms. The molecule has 12 nitrogen and oxygen atoms in total. The molecule has 4 aromatic carbocycles. The Morgan fingerprint density at radius 1 is 0.732 bits per heavy atom. The third-order valence-corrected chi connectivity index (χ3v) is 8.99. The number of carboxylic acid groups (broad SMARTS) is 2. The van der Waals surface area contributed by atoms with E-state index in [1.54, 1.807) is 41.9 Å². The summed E-state index contributed by atoms with van der Waals surface area (Å²) >= 11 is 0. The molecule has 0 radical (unpaired) electrons. The van der Waals surface area contributed by atoms with Crippen LogP contribution >= 0.6 is 0 Å². The van der Waals surface area contributed by atoms with Crippen LogP contribution in [0, 0.1) is 26.6 Å². The smallest absolute Gasteiger partial charge is 0.305 e. The lowest BCUT2D eigenvalue weighted by Gasteiger charge is -2.19. The summed E-state index contributed by atoms with van der Waals surface area (Å²) in [4.78, 5) is 52.3. The maximum Gasteiger partial charge on any atom is 0.305 e. The van der Waals surface area contributed by atoms with Crippen molar-refractivity contribution in [3.8, 4) is 22.7 Å². The molecule has 0 aliphatic carbocycles. The number of nitrogens with one attached hydrogen (secondary N) is 2. The topological polar surface area (TPSA) is 177 Å². The van der Waals surface area contributed by atoms with Crippen LogP contribution in [0.1, 0.15) is 80.8 Å². The minimum absolute atomic E-state index is 0.00794. The van der Waals surface area contributed by atoms with Gasteiger partial charge in [-0.15, -0.1) is 0 Å². The van der Waals surface area contributed by atoms with Gasteiger partial charge in [-0.25, -0.2) is 9.37 Å². The van der Waals surface area contributed by atoms with E-state index in [1.807, 2.05) is 87.5 Å². The van der Waals surface area contributed by atoms with E-state index in [-0.39, 0.29) is 47.4 Å². The van der Waals surface area contributed by atoms with E-state index < -0.39 is 35.7 Å². The molecule has 0 aliphatic heterocycles. The highest BCUT2D eigenvalue weighted by molar-refractivity contribution is 5.95. The highest BCUT2D eigenvalue weighted by atomic mass is 19.1. The number of hydrogen-bond acceptors (Lipinski definition) is 7. The number of amides is 2. The summed E-state index contributed by atoms with van der Waals surface area (Å²) in [5, 5.41) is 28.5. The molecule has 0 fully saturated rings. The molecule has 0 saturated heterocycles. The Bertz CT molecular complexity index is 2340. The summed E-state index contributed by atoms with van der Waals surface area (Å²) in [7, 11) is 0. The van der Waals surface area contributed by atoms with Crippen LogP contribution in [0.5, 0.6) is 0 Å². The van der Waals surface area contributed by atoms with E-state index in [1.165, 1.54) is 12.1 Å². The Kier molecular flexibility index (Phi) is 13.3. The Morgan fingerprint density at radius 2 is 1.25 bits per heavy atom. The number of rotatable bonds is 13. The molecule has 288 valence electrons. The van der Waals surface area contributed by atoms with Crippen molar-refractivity contribution >= 4 is 23.8 Å². The molecule has 0 unspecified atom stereocenters. The lowest BCUT2D eigenvalue weighted by Crippen LogP contribution is -2.31. The van der Waals surface area contributed by atoms with Crippen LogP contribution in [0.4, 0.5) is 4.39 Å². The second kappa shape index (κ2) is 18.4. The first-order valence-corrected chi connectivity index (χ1v) is 17.9. The molecule has 6 rings (SSSR count). The number of benzene rings is 4. The van der Waals surface area contributed by atoms with Crippen molar-refractivity contribution in [1.29, 1.82) is 0 Å². The maximum absolute atomic E-state index is 14.0. The number of carboxylic acids is 2. The Labute approximate surface area is 323 Å². The number of carbonyl (C=O) groups is 4. The third kappa shape index (κ3) is 9.99.